The van der Waals surface area contributed by atoms with Gasteiger partial charge in [-0.3, -0.25) is 0 Å². The van der Waals surface area contributed by atoms with E-state index in [4.69, 9.17) is 0 Å². The summed E-state index contributed by atoms with van der Waals surface area (Å²) >= 11 is 0. The molecule has 0 N–H and O–H groups in total. The van der Waals surface area contributed by atoms with Crippen molar-refractivity contribution in [2.24, 2.45) is 0 Å². The van der Waals surface area contributed by atoms with E-state index in [0.29, 0.717) is 13.0 Å². The summed E-state index contributed by atoms with van der Waals surface area (Å²) in [6.45, 7) is 4.41. The predicted octanol–water partition coefficient (Wildman–Crippen LogP) is 1.05. The number of hydrogen-bond acceptors (Lipinski definition) is 2. The molecule has 0 spiro atoms. The third-order valence-electron chi connectivity index (χ3n) is 2.10. The fourth-order valence-electron chi connectivity index (χ4n) is 1.38. The van der Waals surface area contributed by atoms with Crippen LogP contribution in [-0.2, 0) is 16.4 Å². The fourth-order valence-corrected chi connectivity index (χ4v) is 2.03. The zero-order valence-electron chi connectivity index (χ0n) is 8.89. The van der Waals surface area contributed by atoms with Crippen LogP contribution < -0.4 is 4.57 Å². The van der Waals surface area contributed by atoms with Crippen molar-refractivity contribution < 1.29 is 13.0 Å². The van der Waals surface area contributed by atoms with Crippen LogP contribution in [-0.4, -0.2) is 20.4 Å². The van der Waals surface area contributed by atoms with Gasteiger partial charge in [0.1, 0.15) is 16.4 Å². The first-order chi connectivity index (χ1) is 7.03. The minimum atomic E-state index is -2.85. The standard InChI is InChI=1S/C11H16NO2S/c1-3-11-7-4-5-8-12(11)9-6-10-15(2,13)14/h3-5,7-8H,1,6,9-10H2,2H3/q+1. The summed E-state index contributed by atoms with van der Waals surface area (Å²) in [6, 6.07) is 5.81. The Bertz CT molecular complexity index is 438. The molecular formula is C11H16NO2S+. The van der Waals surface area contributed by atoms with Crippen LogP contribution in [0.2, 0.25) is 0 Å². The molecule has 0 amide bonds. The van der Waals surface area contributed by atoms with Crippen molar-refractivity contribution in [2.75, 3.05) is 12.0 Å². The molecule has 0 aliphatic carbocycles. The molecule has 0 saturated heterocycles. The lowest BCUT2D eigenvalue weighted by Crippen LogP contribution is -2.37. The van der Waals surface area contributed by atoms with Gasteiger partial charge in [-0.1, -0.05) is 6.58 Å². The lowest BCUT2D eigenvalue weighted by atomic mass is 10.3. The largest absolute Gasteiger partial charge is 0.229 e. The van der Waals surface area contributed by atoms with E-state index in [1.165, 1.54) is 6.26 Å². The van der Waals surface area contributed by atoms with Gasteiger partial charge in [-0.15, -0.1) is 0 Å². The van der Waals surface area contributed by atoms with E-state index in [-0.39, 0.29) is 5.75 Å². The van der Waals surface area contributed by atoms with E-state index in [2.05, 4.69) is 6.58 Å². The maximum atomic E-state index is 10.9. The quantitative estimate of drug-likeness (QED) is 0.704. The first-order valence-electron chi connectivity index (χ1n) is 4.81. The predicted molar refractivity (Wildman–Crippen MR) is 61.1 cm³/mol. The molecule has 0 radical (unpaired) electrons. The van der Waals surface area contributed by atoms with Gasteiger partial charge >= 0.3 is 0 Å². The van der Waals surface area contributed by atoms with Gasteiger partial charge in [-0.25, -0.2) is 8.42 Å². The lowest BCUT2D eigenvalue weighted by molar-refractivity contribution is -0.698. The van der Waals surface area contributed by atoms with E-state index in [1.807, 2.05) is 29.0 Å². The summed E-state index contributed by atoms with van der Waals surface area (Å²) in [5.74, 6) is 0.228. The van der Waals surface area contributed by atoms with E-state index in [0.717, 1.165) is 5.69 Å². The van der Waals surface area contributed by atoms with Gasteiger partial charge < -0.3 is 0 Å². The number of aryl methyl sites for hydroxylation is 1. The minimum absolute atomic E-state index is 0.228. The molecule has 0 aliphatic heterocycles. The lowest BCUT2D eigenvalue weighted by Gasteiger charge is -1.99. The molecule has 1 heterocycles. The van der Waals surface area contributed by atoms with Crippen molar-refractivity contribution in [1.29, 1.82) is 0 Å². The van der Waals surface area contributed by atoms with Crippen LogP contribution >= 0.6 is 0 Å². The van der Waals surface area contributed by atoms with Crippen LogP contribution in [0.25, 0.3) is 6.08 Å². The molecule has 0 aliphatic rings. The third-order valence-corrected chi connectivity index (χ3v) is 3.13. The van der Waals surface area contributed by atoms with Gasteiger partial charge in [0.05, 0.1) is 5.75 Å². The summed E-state index contributed by atoms with van der Waals surface area (Å²) < 4.78 is 23.9. The minimum Gasteiger partial charge on any atom is -0.229 e. The number of aromatic nitrogens is 1. The van der Waals surface area contributed by atoms with E-state index >= 15 is 0 Å². The highest BCUT2D eigenvalue weighted by molar-refractivity contribution is 7.90. The normalized spacial score (nSPS) is 11.3. The molecule has 0 saturated carbocycles. The molecule has 4 heteroatoms. The second kappa shape index (κ2) is 5.07. The number of pyridine rings is 1. The molecule has 1 aromatic rings. The van der Waals surface area contributed by atoms with Gasteiger partial charge in [0.15, 0.2) is 6.20 Å². The Morgan fingerprint density at radius 2 is 2.20 bits per heavy atom. The maximum Gasteiger partial charge on any atom is 0.204 e. The average molecular weight is 226 g/mol. The molecular weight excluding hydrogens is 210 g/mol. The SMILES string of the molecule is C=Cc1cccc[n+]1CCCS(C)(=O)=O. The molecule has 0 unspecified atom stereocenters. The Labute approximate surface area is 91.0 Å². The van der Waals surface area contributed by atoms with Crippen LogP contribution in [0.15, 0.2) is 31.0 Å². The zero-order valence-corrected chi connectivity index (χ0v) is 9.70. The number of rotatable bonds is 5. The molecule has 1 rings (SSSR count). The fraction of sp³-hybridized carbons (Fsp3) is 0.364. The number of sulfone groups is 1. The third kappa shape index (κ3) is 4.25. The van der Waals surface area contributed by atoms with Gasteiger partial charge in [0.2, 0.25) is 5.69 Å². The smallest absolute Gasteiger partial charge is 0.204 e. The van der Waals surface area contributed by atoms with Crippen LogP contribution in [0.4, 0.5) is 0 Å². The van der Waals surface area contributed by atoms with E-state index in [1.54, 1.807) is 6.08 Å². The van der Waals surface area contributed by atoms with Gasteiger partial charge in [0, 0.05) is 30.9 Å². The van der Waals surface area contributed by atoms with Crippen molar-refractivity contribution in [3.63, 3.8) is 0 Å². The Morgan fingerprint density at radius 1 is 1.47 bits per heavy atom. The van der Waals surface area contributed by atoms with Crippen LogP contribution in [0, 0.1) is 0 Å². The molecule has 0 bridgehead atoms. The van der Waals surface area contributed by atoms with Crippen molar-refractivity contribution in [3.8, 4) is 0 Å². The van der Waals surface area contributed by atoms with Crippen molar-refractivity contribution >= 4 is 15.9 Å². The second-order valence-corrected chi connectivity index (χ2v) is 5.77. The molecule has 82 valence electrons. The Kier molecular flexibility index (Phi) is 4.03. The van der Waals surface area contributed by atoms with Gasteiger partial charge in [0.25, 0.3) is 0 Å². The highest BCUT2D eigenvalue weighted by atomic mass is 32.2. The van der Waals surface area contributed by atoms with Crippen molar-refractivity contribution in [1.82, 2.24) is 0 Å². The molecule has 0 atom stereocenters. The first kappa shape index (κ1) is 11.9. The molecule has 3 nitrogen and oxygen atoms in total. The van der Waals surface area contributed by atoms with E-state index in [9.17, 15) is 8.42 Å². The van der Waals surface area contributed by atoms with Crippen LogP contribution in [0.1, 0.15) is 12.1 Å². The van der Waals surface area contributed by atoms with Gasteiger partial charge in [-0.2, -0.15) is 4.57 Å². The van der Waals surface area contributed by atoms with Crippen molar-refractivity contribution in [2.45, 2.75) is 13.0 Å². The highest BCUT2D eigenvalue weighted by Gasteiger charge is 2.08. The summed E-state index contributed by atoms with van der Waals surface area (Å²) in [7, 11) is -2.85. The van der Waals surface area contributed by atoms with E-state index < -0.39 is 9.84 Å². The zero-order chi connectivity index (χ0) is 11.3. The molecule has 15 heavy (non-hydrogen) atoms. The summed E-state index contributed by atoms with van der Waals surface area (Å²) in [4.78, 5) is 0. The Balaban J connectivity index is 2.61. The Hall–Kier alpha value is -1.16. The topological polar surface area (TPSA) is 38.0 Å². The molecule has 0 aromatic carbocycles. The van der Waals surface area contributed by atoms with Gasteiger partial charge in [-0.05, 0) is 6.07 Å². The maximum absolute atomic E-state index is 10.9. The summed E-state index contributed by atoms with van der Waals surface area (Å²) in [5, 5.41) is 0. The monoisotopic (exact) mass is 226 g/mol. The summed E-state index contributed by atoms with van der Waals surface area (Å²) in [6.07, 6.45) is 5.59. The molecule has 0 fully saturated rings. The number of hydrogen-bond donors (Lipinski definition) is 0. The number of nitrogens with zero attached hydrogens (tertiary/aromatic N) is 1. The summed E-state index contributed by atoms with van der Waals surface area (Å²) in [5.41, 5.74) is 1.01. The van der Waals surface area contributed by atoms with Crippen molar-refractivity contribution in [3.05, 3.63) is 36.7 Å². The highest BCUT2D eigenvalue weighted by Crippen LogP contribution is 1.95. The first-order valence-corrected chi connectivity index (χ1v) is 6.87. The second-order valence-electron chi connectivity index (χ2n) is 3.51. The van der Waals surface area contributed by atoms with Crippen LogP contribution in [0.5, 0.6) is 0 Å². The van der Waals surface area contributed by atoms with Crippen LogP contribution in [0.3, 0.4) is 0 Å². The Morgan fingerprint density at radius 3 is 2.80 bits per heavy atom. The average Bonchev–Trinajstić information content (AvgIpc) is 2.16. The molecule has 1 aromatic heterocycles.